The van der Waals surface area contributed by atoms with Gasteiger partial charge in [-0.05, 0) is 42.2 Å². The van der Waals surface area contributed by atoms with Crippen molar-refractivity contribution in [3.63, 3.8) is 0 Å². The molecule has 128 valence electrons. The number of hydrogen-bond donors (Lipinski definition) is 1. The van der Waals surface area contributed by atoms with Crippen molar-refractivity contribution in [2.75, 3.05) is 11.8 Å². The average Bonchev–Trinajstić information content (AvgIpc) is 2.60. The molecule has 0 aliphatic rings. The molecule has 0 saturated carbocycles. The minimum absolute atomic E-state index is 0.147. The van der Waals surface area contributed by atoms with Crippen LogP contribution in [0.25, 0.3) is 0 Å². The normalized spacial score (nSPS) is 12.5. The van der Waals surface area contributed by atoms with Crippen LogP contribution >= 0.6 is 0 Å². The van der Waals surface area contributed by atoms with Gasteiger partial charge in [-0.2, -0.15) is 0 Å². The summed E-state index contributed by atoms with van der Waals surface area (Å²) < 4.78 is 32.2. The van der Waals surface area contributed by atoms with E-state index in [1.165, 1.54) is 19.2 Å². The van der Waals surface area contributed by atoms with Gasteiger partial charge in [-0.15, -0.1) is 0 Å². The van der Waals surface area contributed by atoms with Crippen molar-refractivity contribution >= 4 is 21.7 Å². The lowest BCUT2D eigenvalue weighted by Gasteiger charge is -2.13. The molecule has 24 heavy (non-hydrogen) atoms. The number of ether oxygens (including phenoxy) is 1. The minimum atomic E-state index is -3.78. The molecule has 0 aromatic heterocycles. The van der Waals surface area contributed by atoms with Crippen molar-refractivity contribution in [3.8, 4) is 0 Å². The average molecular weight is 347 g/mol. The van der Waals surface area contributed by atoms with Crippen LogP contribution in [0.5, 0.6) is 0 Å². The highest BCUT2D eigenvalue weighted by Crippen LogP contribution is 2.23. The first-order valence-electron chi connectivity index (χ1n) is 7.69. The Labute approximate surface area is 142 Å². The van der Waals surface area contributed by atoms with Gasteiger partial charge in [-0.1, -0.05) is 38.1 Å². The molecule has 0 spiro atoms. The maximum absolute atomic E-state index is 12.6. The standard InChI is InChI=1S/C18H21NO4S/c1-4-13(2)14-9-11-15(12-10-14)24(21,22)19-17-8-6-5-7-16(17)18(20)23-3/h5-13,19H,4H2,1-3H3/t13-/m1/s1. The van der Waals surface area contributed by atoms with Gasteiger partial charge in [-0.25, -0.2) is 13.2 Å². The van der Waals surface area contributed by atoms with Gasteiger partial charge in [0.15, 0.2) is 0 Å². The first-order chi connectivity index (χ1) is 11.4. The third kappa shape index (κ3) is 3.94. The van der Waals surface area contributed by atoms with Crippen molar-refractivity contribution < 1.29 is 17.9 Å². The third-order valence-electron chi connectivity index (χ3n) is 3.95. The molecule has 0 fully saturated rings. The zero-order chi connectivity index (χ0) is 17.7. The van der Waals surface area contributed by atoms with Crippen LogP contribution in [0.15, 0.2) is 53.4 Å². The molecule has 0 aliphatic heterocycles. The monoisotopic (exact) mass is 347 g/mol. The number of nitrogens with one attached hydrogen (secondary N) is 1. The summed E-state index contributed by atoms with van der Waals surface area (Å²) in [6, 6.07) is 13.1. The second-order valence-corrected chi connectivity index (χ2v) is 7.20. The molecule has 1 atom stereocenters. The van der Waals surface area contributed by atoms with E-state index in [-0.39, 0.29) is 16.1 Å². The highest BCUT2D eigenvalue weighted by atomic mass is 32.2. The second-order valence-electron chi connectivity index (χ2n) is 5.52. The molecule has 2 rings (SSSR count). The predicted octanol–water partition coefficient (Wildman–Crippen LogP) is 3.79. The van der Waals surface area contributed by atoms with E-state index in [0.717, 1.165) is 12.0 Å². The smallest absolute Gasteiger partial charge is 0.339 e. The number of sulfonamides is 1. The first-order valence-corrected chi connectivity index (χ1v) is 9.17. The molecule has 2 aromatic rings. The molecule has 0 amide bonds. The van der Waals surface area contributed by atoms with Gasteiger partial charge < -0.3 is 4.74 Å². The summed E-state index contributed by atoms with van der Waals surface area (Å²) in [5.74, 6) is -0.227. The Bertz CT molecular complexity index is 813. The van der Waals surface area contributed by atoms with E-state index in [2.05, 4.69) is 23.3 Å². The maximum Gasteiger partial charge on any atom is 0.339 e. The van der Waals surface area contributed by atoms with Gasteiger partial charge in [-0.3, -0.25) is 4.72 Å². The van der Waals surface area contributed by atoms with Crippen LogP contribution < -0.4 is 4.72 Å². The fourth-order valence-electron chi connectivity index (χ4n) is 2.27. The number of esters is 1. The van der Waals surface area contributed by atoms with Crippen LogP contribution in [-0.4, -0.2) is 21.5 Å². The second kappa shape index (κ2) is 7.49. The van der Waals surface area contributed by atoms with E-state index >= 15 is 0 Å². The van der Waals surface area contributed by atoms with E-state index in [4.69, 9.17) is 0 Å². The van der Waals surface area contributed by atoms with Crippen LogP contribution in [0.4, 0.5) is 5.69 Å². The Morgan fingerprint density at radius 3 is 2.33 bits per heavy atom. The van der Waals surface area contributed by atoms with Crippen molar-refractivity contribution in [2.24, 2.45) is 0 Å². The highest BCUT2D eigenvalue weighted by Gasteiger charge is 2.19. The molecule has 0 unspecified atom stereocenters. The van der Waals surface area contributed by atoms with E-state index < -0.39 is 16.0 Å². The summed E-state index contributed by atoms with van der Waals surface area (Å²) >= 11 is 0. The van der Waals surface area contributed by atoms with Crippen molar-refractivity contribution in [1.82, 2.24) is 0 Å². The predicted molar refractivity (Wildman–Crippen MR) is 93.7 cm³/mol. The van der Waals surface area contributed by atoms with Gasteiger partial charge in [0.1, 0.15) is 0 Å². The number of carbonyl (C=O) groups excluding carboxylic acids is 1. The fraction of sp³-hybridized carbons (Fsp3) is 0.278. The number of methoxy groups -OCH3 is 1. The van der Waals surface area contributed by atoms with Gasteiger partial charge in [0.05, 0.1) is 23.3 Å². The number of benzene rings is 2. The summed E-state index contributed by atoms with van der Waals surface area (Å²) in [6.45, 7) is 4.18. The SMILES string of the molecule is CC[C@@H](C)c1ccc(S(=O)(=O)Nc2ccccc2C(=O)OC)cc1. The van der Waals surface area contributed by atoms with E-state index in [0.29, 0.717) is 5.92 Å². The summed E-state index contributed by atoms with van der Waals surface area (Å²) in [5.41, 5.74) is 1.45. The van der Waals surface area contributed by atoms with E-state index in [1.807, 2.05) is 12.1 Å². The molecule has 0 saturated heterocycles. The summed E-state index contributed by atoms with van der Waals surface area (Å²) in [4.78, 5) is 11.9. The Kier molecular flexibility index (Phi) is 5.62. The number of rotatable bonds is 6. The van der Waals surface area contributed by atoms with Gasteiger partial charge in [0, 0.05) is 0 Å². The molecule has 6 heteroatoms. The number of hydrogen-bond acceptors (Lipinski definition) is 4. The lowest BCUT2D eigenvalue weighted by molar-refractivity contribution is 0.0602. The van der Waals surface area contributed by atoms with Crippen LogP contribution in [0.1, 0.15) is 42.1 Å². The fourth-order valence-corrected chi connectivity index (χ4v) is 3.35. The Hall–Kier alpha value is -2.34. The zero-order valence-electron chi connectivity index (χ0n) is 13.9. The van der Waals surface area contributed by atoms with Crippen LogP contribution in [0.3, 0.4) is 0 Å². The molecule has 0 bridgehead atoms. The maximum atomic E-state index is 12.6. The van der Waals surface area contributed by atoms with Gasteiger partial charge in [0.25, 0.3) is 10.0 Å². The lowest BCUT2D eigenvalue weighted by Crippen LogP contribution is -2.16. The molecular formula is C18H21NO4S. The summed E-state index contributed by atoms with van der Waals surface area (Å²) in [7, 11) is -2.53. The quantitative estimate of drug-likeness (QED) is 0.807. The van der Waals surface area contributed by atoms with Crippen LogP contribution in [-0.2, 0) is 14.8 Å². The third-order valence-corrected chi connectivity index (χ3v) is 5.33. The Morgan fingerprint density at radius 1 is 1.12 bits per heavy atom. The molecule has 0 aliphatic carbocycles. The summed E-state index contributed by atoms with van der Waals surface area (Å²) in [5, 5.41) is 0. The largest absolute Gasteiger partial charge is 0.465 e. The topological polar surface area (TPSA) is 72.5 Å². The molecule has 5 nitrogen and oxygen atoms in total. The molecule has 2 aromatic carbocycles. The van der Waals surface area contributed by atoms with Crippen LogP contribution in [0.2, 0.25) is 0 Å². The molecule has 1 N–H and O–H groups in total. The van der Waals surface area contributed by atoms with Crippen molar-refractivity contribution in [1.29, 1.82) is 0 Å². The van der Waals surface area contributed by atoms with Gasteiger partial charge >= 0.3 is 5.97 Å². The molecule has 0 radical (unpaired) electrons. The number of anilines is 1. The Morgan fingerprint density at radius 2 is 1.75 bits per heavy atom. The van der Waals surface area contributed by atoms with Crippen molar-refractivity contribution in [2.45, 2.75) is 31.1 Å². The zero-order valence-corrected chi connectivity index (χ0v) is 14.8. The Balaban J connectivity index is 2.31. The van der Waals surface area contributed by atoms with E-state index in [9.17, 15) is 13.2 Å². The lowest BCUT2D eigenvalue weighted by atomic mass is 9.99. The van der Waals surface area contributed by atoms with Crippen LogP contribution in [0, 0.1) is 0 Å². The summed E-state index contributed by atoms with van der Waals surface area (Å²) in [6.07, 6.45) is 0.983. The van der Waals surface area contributed by atoms with Crippen molar-refractivity contribution in [3.05, 3.63) is 59.7 Å². The number of para-hydroxylation sites is 1. The van der Waals surface area contributed by atoms with E-state index in [1.54, 1.807) is 24.3 Å². The first kappa shape index (κ1) is 18.0. The number of carbonyl (C=O) groups is 1. The minimum Gasteiger partial charge on any atom is -0.465 e. The van der Waals surface area contributed by atoms with Gasteiger partial charge in [0.2, 0.25) is 0 Å². The molecular weight excluding hydrogens is 326 g/mol. The highest BCUT2D eigenvalue weighted by molar-refractivity contribution is 7.92. The molecule has 0 heterocycles.